The largest absolute Gasteiger partial charge is 0.466 e. The Kier molecular flexibility index (Phi) is 8.35. The molecule has 2 heterocycles. The molecule has 0 radical (unpaired) electrons. The number of imide groups is 1. The molecule has 2 N–H and O–H groups in total. The quantitative estimate of drug-likeness (QED) is 0.487. The van der Waals surface area contributed by atoms with E-state index in [2.05, 4.69) is 15.5 Å². The smallest absolute Gasteiger partial charge is 0.337 e. The summed E-state index contributed by atoms with van der Waals surface area (Å²) < 4.78 is 47.1. The summed E-state index contributed by atoms with van der Waals surface area (Å²) in [6.45, 7) is 2.80. The molecule has 0 spiro atoms. The molecule has 0 bridgehead atoms. The number of ether oxygens (including phenoxy) is 1. The summed E-state index contributed by atoms with van der Waals surface area (Å²) in [5.74, 6) is -3.06. The fourth-order valence-corrected chi connectivity index (χ4v) is 6.36. The number of rotatable bonds is 5. The highest BCUT2D eigenvalue weighted by Gasteiger charge is 2.43. The number of hydrogen-bond donors (Lipinski definition) is 2. The molecule has 0 aromatic heterocycles. The van der Waals surface area contributed by atoms with Crippen LogP contribution in [-0.2, 0) is 9.53 Å². The van der Waals surface area contributed by atoms with Gasteiger partial charge in [0.1, 0.15) is 11.9 Å². The van der Waals surface area contributed by atoms with Gasteiger partial charge in [-0.1, -0.05) is 24.3 Å². The van der Waals surface area contributed by atoms with E-state index in [-0.39, 0.29) is 34.6 Å². The standard InChI is InChI=1S/C30H33F3N4O4/c1-17-26(28(38)41-2)27(19-9-12-24(32)25(33)15-19)37(29(39)34-17)30(40)35-20-13-14-36(16-20)21-10-7-18(8-11-21)22-5-3-4-6-23(22)31/h3-6,9,12,15,18,20-21,27H,7-8,10-11,13-14,16H2,1-2H3,(H,34,39)(H,35,40). The number of nitrogens with zero attached hydrogens (tertiary/aromatic N) is 2. The van der Waals surface area contributed by atoms with Crippen LogP contribution < -0.4 is 10.6 Å². The van der Waals surface area contributed by atoms with Crippen LogP contribution in [0.5, 0.6) is 0 Å². The van der Waals surface area contributed by atoms with Crippen molar-refractivity contribution in [3.05, 3.63) is 82.3 Å². The first-order valence-electron chi connectivity index (χ1n) is 13.8. The number of amides is 4. The molecule has 11 heteroatoms. The van der Waals surface area contributed by atoms with Crippen molar-refractivity contribution in [3.8, 4) is 0 Å². The fraction of sp³-hybridized carbons (Fsp3) is 0.433. The van der Waals surface area contributed by atoms with Crippen LogP contribution >= 0.6 is 0 Å². The first kappa shape index (κ1) is 28.7. The number of esters is 1. The van der Waals surface area contributed by atoms with Crippen molar-refractivity contribution < 1.29 is 32.3 Å². The third-order valence-electron chi connectivity index (χ3n) is 8.44. The number of benzene rings is 2. The molecule has 4 amide bonds. The van der Waals surface area contributed by atoms with Crippen molar-refractivity contribution in [1.82, 2.24) is 20.4 Å². The predicted molar refractivity (Wildman–Crippen MR) is 144 cm³/mol. The third kappa shape index (κ3) is 5.81. The molecule has 2 aromatic rings. The topological polar surface area (TPSA) is 91.0 Å². The number of likely N-dealkylation sites (tertiary alicyclic amines) is 1. The minimum atomic E-state index is -1.32. The van der Waals surface area contributed by atoms with Crippen LogP contribution in [0.1, 0.15) is 62.1 Å². The zero-order chi connectivity index (χ0) is 29.3. The van der Waals surface area contributed by atoms with Crippen LogP contribution in [-0.4, -0.2) is 60.1 Å². The van der Waals surface area contributed by atoms with Gasteiger partial charge in [-0.2, -0.15) is 0 Å². The maximum absolute atomic E-state index is 14.3. The van der Waals surface area contributed by atoms with Gasteiger partial charge in [0.15, 0.2) is 11.6 Å². The number of carbonyl (C=O) groups is 3. The molecule has 3 aliphatic rings. The summed E-state index contributed by atoms with van der Waals surface area (Å²) in [4.78, 5) is 42.4. The molecule has 218 valence electrons. The van der Waals surface area contributed by atoms with E-state index >= 15 is 0 Å². The molecule has 5 rings (SSSR count). The Hall–Kier alpha value is -3.86. The Labute approximate surface area is 236 Å². The van der Waals surface area contributed by atoms with Crippen molar-refractivity contribution in [2.45, 2.75) is 63.1 Å². The molecular weight excluding hydrogens is 537 g/mol. The van der Waals surface area contributed by atoms with Gasteiger partial charge < -0.3 is 15.4 Å². The number of urea groups is 2. The van der Waals surface area contributed by atoms with Gasteiger partial charge in [-0.3, -0.25) is 4.90 Å². The molecule has 2 unspecified atom stereocenters. The lowest BCUT2D eigenvalue weighted by atomic mass is 9.81. The maximum Gasteiger partial charge on any atom is 0.337 e. The van der Waals surface area contributed by atoms with Crippen LogP contribution in [0.4, 0.5) is 22.8 Å². The number of halogens is 3. The second-order valence-electron chi connectivity index (χ2n) is 10.9. The van der Waals surface area contributed by atoms with Crippen LogP contribution in [0.2, 0.25) is 0 Å². The predicted octanol–water partition coefficient (Wildman–Crippen LogP) is 5.13. The maximum atomic E-state index is 14.3. The lowest BCUT2D eigenvalue weighted by molar-refractivity contribution is -0.136. The van der Waals surface area contributed by atoms with E-state index in [9.17, 15) is 27.6 Å². The van der Waals surface area contributed by atoms with Crippen LogP contribution in [0, 0.1) is 17.5 Å². The van der Waals surface area contributed by atoms with E-state index < -0.39 is 35.7 Å². The van der Waals surface area contributed by atoms with Crippen LogP contribution in [0.25, 0.3) is 0 Å². The second-order valence-corrected chi connectivity index (χ2v) is 10.9. The van der Waals surface area contributed by atoms with Crippen LogP contribution in [0.3, 0.4) is 0 Å². The molecule has 1 saturated carbocycles. The Bertz CT molecular complexity index is 1380. The number of methoxy groups -OCH3 is 1. The van der Waals surface area contributed by atoms with Gasteiger partial charge in [0.25, 0.3) is 0 Å². The monoisotopic (exact) mass is 570 g/mol. The van der Waals surface area contributed by atoms with Crippen molar-refractivity contribution in [3.63, 3.8) is 0 Å². The minimum absolute atomic E-state index is 0.0494. The summed E-state index contributed by atoms with van der Waals surface area (Å²) in [7, 11) is 1.16. The van der Waals surface area contributed by atoms with E-state index in [4.69, 9.17) is 4.74 Å². The summed E-state index contributed by atoms with van der Waals surface area (Å²) in [5.41, 5.74) is 0.906. The van der Waals surface area contributed by atoms with Crippen molar-refractivity contribution in [2.24, 2.45) is 0 Å². The van der Waals surface area contributed by atoms with E-state index in [0.29, 0.717) is 19.0 Å². The van der Waals surface area contributed by atoms with Crippen molar-refractivity contribution in [1.29, 1.82) is 0 Å². The van der Waals surface area contributed by atoms with Gasteiger partial charge in [-0.25, -0.2) is 32.5 Å². The highest BCUT2D eigenvalue weighted by molar-refractivity contribution is 6.01. The summed E-state index contributed by atoms with van der Waals surface area (Å²) >= 11 is 0. The molecule has 41 heavy (non-hydrogen) atoms. The summed E-state index contributed by atoms with van der Waals surface area (Å²) in [6, 6.07) is 7.05. The van der Waals surface area contributed by atoms with Gasteiger partial charge in [-0.05, 0) is 74.3 Å². The molecular formula is C30H33F3N4O4. The number of carbonyl (C=O) groups excluding carboxylic acids is 3. The van der Waals surface area contributed by atoms with Crippen molar-refractivity contribution >= 4 is 18.0 Å². The highest BCUT2D eigenvalue weighted by Crippen LogP contribution is 2.38. The van der Waals surface area contributed by atoms with Crippen molar-refractivity contribution in [2.75, 3.05) is 20.2 Å². The lowest BCUT2D eigenvalue weighted by Crippen LogP contribution is -2.56. The average Bonchev–Trinajstić information content (AvgIpc) is 3.42. The average molecular weight is 571 g/mol. The minimum Gasteiger partial charge on any atom is -0.466 e. The Morgan fingerprint density at radius 1 is 0.976 bits per heavy atom. The Morgan fingerprint density at radius 2 is 1.71 bits per heavy atom. The lowest BCUT2D eigenvalue weighted by Gasteiger charge is -2.37. The number of allylic oxidation sites excluding steroid dienone is 1. The van der Waals surface area contributed by atoms with E-state index in [1.165, 1.54) is 19.1 Å². The normalized spacial score (nSPS) is 25.2. The second kappa shape index (κ2) is 11.9. The van der Waals surface area contributed by atoms with E-state index in [0.717, 1.165) is 61.9 Å². The van der Waals surface area contributed by atoms with Gasteiger partial charge in [0.05, 0.1) is 12.7 Å². The van der Waals surface area contributed by atoms with Gasteiger partial charge in [-0.15, -0.1) is 0 Å². The van der Waals surface area contributed by atoms with Gasteiger partial charge >= 0.3 is 18.0 Å². The summed E-state index contributed by atoms with van der Waals surface area (Å²) in [6.07, 6.45) is 4.25. The highest BCUT2D eigenvalue weighted by atomic mass is 19.2. The first-order valence-corrected chi connectivity index (χ1v) is 13.8. The molecule has 1 saturated heterocycles. The summed E-state index contributed by atoms with van der Waals surface area (Å²) in [5, 5.41) is 5.41. The molecule has 2 aliphatic heterocycles. The molecule has 2 aromatic carbocycles. The van der Waals surface area contributed by atoms with Crippen LogP contribution in [0.15, 0.2) is 53.7 Å². The number of hydrogen-bond acceptors (Lipinski definition) is 5. The Morgan fingerprint density at radius 3 is 2.39 bits per heavy atom. The Balaban J connectivity index is 1.28. The number of nitrogens with one attached hydrogen (secondary N) is 2. The van der Waals surface area contributed by atoms with Gasteiger partial charge in [0, 0.05) is 30.9 Å². The first-order chi connectivity index (χ1) is 19.7. The molecule has 8 nitrogen and oxygen atoms in total. The van der Waals surface area contributed by atoms with Gasteiger partial charge in [0.2, 0.25) is 0 Å². The van der Waals surface area contributed by atoms with E-state index in [1.54, 1.807) is 6.07 Å². The molecule has 2 fully saturated rings. The third-order valence-corrected chi connectivity index (χ3v) is 8.44. The molecule has 2 atom stereocenters. The SMILES string of the molecule is COC(=O)C1=C(C)NC(=O)N(C(=O)NC2CCN(C3CCC(c4ccccc4F)CC3)C2)C1c1ccc(F)c(F)c1. The molecule has 1 aliphatic carbocycles. The zero-order valence-corrected chi connectivity index (χ0v) is 23.0. The van der Waals surface area contributed by atoms with E-state index in [1.807, 2.05) is 12.1 Å². The fourth-order valence-electron chi connectivity index (χ4n) is 6.36. The zero-order valence-electron chi connectivity index (χ0n) is 23.0.